The summed E-state index contributed by atoms with van der Waals surface area (Å²) in [6, 6.07) is 9.36. The maximum atomic E-state index is 12.0. The number of nitrogens with zero attached hydrogens (tertiary/aromatic N) is 3. The average Bonchev–Trinajstić information content (AvgIpc) is 3.13. The van der Waals surface area contributed by atoms with Gasteiger partial charge in [-0.3, -0.25) is 4.79 Å². The lowest BCUT2D eigenvalue weighted by Gasteiger charge is -2.31. The van der Waals surface area contributed by atoms with Gasteiger partial charge in [-0.2, -0.15) is 10.2 Å². The molecule has 0 N–H and O–H groups in total. The fourth-order valence-electron chi connectivity index (χ4n) is 3.07. The predicted octanol–water partition coefficient (Wildman–Crippen LogP) is 3.00. The summed E-state index contributed by atoms with van der Waals surface area (Å²) in [4.78, 5) is 18.3. The van der Waals surface area contributed by atoms with Crippen LogP contribution < -0.4 is 9.64 Å². The van der Waals surface area contributed by atoms with Gasteiger partial charge in [-0.15, -0.1) is 0 Å². The van der Waals surface area contributed by atoms with Gasteiger partial charge in [0.2, 0.25) is 17.5 Å². The highest BCUT2D eigenvalue weighted by Crippen LogP contribution is 2.32. The number of oxazole rings is 1. The first-order valence-electron chi connectivity index (χ1n) is 8.63. The molecule has 1 aromatic heterocycles. The van der Waals surface area contributed by atoms with Crippen molar-refractivity contribution >= 4 is 11.9 Å². The third-order valence-electron chi connectivity index (χ3n) is 4.38. The van der Waals surface area contributed by atoms with E-state index >= 15 is 0 Å². The van der Waals surface area contributed by atoms with Gasteiger partial charge in [-0.25, -0.2) is 0 Å². The van der Waals surface area contributed by atoms with Gasteiger partial charge in [0.1, 0.15) is 11.8 Å². The molecule has 1 aliphatic rings. The minimum absolute atomic E-state index is 0.203. The Morgan fingerprint density at radius 1 is 1.42 bits per heavy atom. The summed E-state index contributed by atoms with van der Waals surface area (Å²) in [7, 11) is 1.60. The van der Waals surface area contributed by atoms with Crippen LogP contribution in [0.3, 0.4) is 0 Å². The van der Waals surface area contributed by atoms with E-state index in [-0.39, 0.29) is 17.6 Å². The van der Waals surface area contributed by atoms with Crippen molar-refractivity contribution in [3.63, 3.8) is 0 Å². The van der Waals surface area contributed by atoms with Crippen LogP contribution in [0.1, 0.15) is 25.5 Å². The van der Waals surface area contributed by atoms with E-state index in [4.69, 9.17) is 13.9 Å². The zero-order chi connectivity index (χ0) is 18.5. The van der Waals surface area contributed by atoms with Crippen LogP contribution in [0.15, 0.2) is 28.7 Å². The first-order valence-corrected chi connectivity index (χ1v) is 8.63. The summed E-state index contributed by atoms with van der Waals surface area (Å²) in [5, 5.41) is 9.44. The van der Waals surface area contributed by atoms with Gasteiger partial charge in [0, 0.05) is 18.7 Å². The maximum Gasteiger partial charge on any atom is 0.310 e. The van der Waals surface area contributed by atoms with E-state index in [9.17, 15) is 10.1 Å². The van der Waals surface area contributed by atoms with Gasteiger partial charge in [-0.05, 0) is 44.0 Å². The largest absolute Gasteiger partial charge is 0.497 e. The Morgan fingerprint density at radius 3 is 2.85 bits per heavy atom. The minimum Gasteiger partial charge on any atom is -0.497 e. The van der Waals surface area contributed by atoms with Gasteiger partial charge in [0.15, 0.2) is 0 Å². The number of hydrogen-bond donors (Lipinski definition) is 0. The van der Waals surface area contributed by atoms with Crippen LogP contribution in [0, 0.1) is 17.2 Å². The molecular formula is C19H21N3O4. The highest BCUT2D eigenvalue weighted by atomic mass is 16.5. The second kappa shape index (κ2) is 7.91. The Bertz CT molecular complexity index is 807. The Morgan fingerprint density at radius 2 is 2.19 bits per heavy atom. The zero-order valence-corrected chi connectivity index (χ0v) is 14.9. The van der Waals surface area contributed by atoms with Crippen molar-refractivity contribution in [3.8, 4) is 23.3 Å². The monoisotopic (exact) mass is 355 g/mol. The SMILES string of the molecule is CCOC(=O)[C@H]1CCCN(c2oc(-c3ccc(OC)cc3)nc2C#N)C1. The quantitative estimate of drug-likeness (QED) is 0.762. The topological polar surface area (TPSA) is 88.6 Å². The van der Waals surface area contributed by atoms with Crippen molar-refractivity contribution in [2.75, 3.05) is 31.7 Å². The molecule has 3 rings (SSSR count). The van der Waals surface area contributed by atoms with Crippen LogP contribution in [-0.2, 0) is 9.53 Å². The van der Waals surface area contributed by atoms with Crippen LogP contribution in [0.25, 0.3) is 11.5 Å². The number of carbonyl (C=O) groups excluding carboxylic acids is 1. The van der Waals surface area contributed by atoms with Crippen molar-refractivity contribution in [1.82, 2.24) is 4.98 Å². The third kappa shape index (κ3) is 3.64. The predicted molar refractivity (Wildman–Crippen MR) is 94.8 cm³/mol. The lowest BCUT2D eigenvalue weighted by atomic mass is 9.98. The highest BCUT2D eigenvalue weighted by molar-refractivity contribution is 5.73. The van der Waals surface area contributed by atoms with E-state index in [1.165, 1.54) is 0 Å². The summed E-state index contributed by atoms with van der Waals surface area (Å²) in [5.41, 5.74) is 0.979. The molecule has 26 heavy (non-hydrogen) atoms. The second-order valence-electron chi connectivity index (χ2n) is 6.05. The summed E-state index contributed by atoms with van der Waals surface area (Å²) < 4.78 is 16.2. The number of rotatable bonds is 5. The molecule has 0 spiro atoms. The Hall–Kier alpha value is -3.01. The number of aromatic nitrogens is 1. The van der Waals surface area contributed by atoms with Gasteiger partial charge in [0.25, 0.3) is 0 Å². The van der Waals surface area contributed by atoms with E-state index in [1.54, 1.807) is 14.0 Å². The standard InChI is InChI=1S/C19H21N3O4/c1-3-25-19(23)14-5-4-10-22(12-14)18-16(11-20)21-17(26-18)13-6-8-15(24-2)9-7-13/h6-9,14H,3-5,10,12H2,1-2H3/t14-/m0/s1. The van der Waals surface area contributed by atoms with Gasteiger partial charge < -0.3 is 18.8 Å². The summed E-state index contributed by atoms with van der Waals surface area (Å²) in [6.45, 7) is 3.33. The molecule has 1 aromatic carbocycles. The van der Waals surface area contributed by atoms with Gasteiger partial charge in [0.05, 0.1) is 19.6 Å². The third-order valence-corrected chi connectivity index (χ3v) is 4.38. The van der Waals surface area contributed by atoms with Crippen molar-refractivity contribution in [2.45, 2.75) is 19.8 Å². The van der Waals surface area contributed by atoms with Crippen LogP contribution >= 0.6 is 0 Å². The van der Waals surface area contributed by atoms with Crippen LogP contribution in [0.2, 0.25) is 0 Å². The lowest BCUT2D eigenvalue weighted by Crippen LogP contribution is -2.39. The van der Waals surface area contributed by atoms with Crippen molar-refractivity contribution in [3.05, 3.63) is 30.0 Å². The number of piperidine rings is 1. The molecule has 1 saturated heterocycles. The second-order valence-corrected chi connectivity index (χ2v) is 6.05. The number of esters is 1. The van der Waals surface area contributed by atoms with E-state index in [2.05, 4.69) is 11.1 Å². The average molecular weight is 355 g/mol. The molecule has 0 saturated carbocycles. The number of benzene rings is 1. The molecule has 0 amide bonds. The number of anilines is 1. The number of methoxy groups -OCH3 is 1. The lowest BCUT2D eigenvalue weighted by molar-refractivity contribution is -0.148. The molecule has 7 heteroatoms. The molecule has 1 atom stereocenters. The fourth-order valence-corrected chi connectivity index (χ4v) is 3.07. The van der Waals surface area contributed by atoms with Crippen molar-refractivity contribution in [2.24, 2.45) is 5.92 Å². The van der Waals surface area contributed by atoms with E-state index < -0.39 is 0 Å². The molecule has 1 aliphatic heterocycles. The summed E-state index contributed by atoms with van der Waals surface area (Å²) in [5.74, 6) is 1.09. The Kier molecular flexibility index (Phi) is 5.42. The number of hydrogen-bond acceptors (Lipinski definition) is 7. The molecular weight excluding hydrogens is 334 g/mol. The van der Waals surface area contributed by atoms with Crippen molar-refractivity contribution < 1.29 is 18.7 Å². The smallest absolute Gasteiger partial charge is 0.310 e. The molecule has 136 valence electrons. The fraction of sp³-hybridized carbons (Fsp3) is 0.421. The molecule has 0 aliphatic carbocycles. The molecule has 2 aromatic rings. The number of nitriles is 1. The molecule has 1 fully saturated rings. The molecule has 2 heterocycles. The first-order chi connectivity index (χ1) is 12.7. The molecule has 7 nitrogen and oxygen atoms in total. The minimum atomic E-state index is -0.218. The van der Waals surface area contributed by atoms with E-state index in [1.807, 2.05) is 29.2 Å². The van der Waals surface area contributed by atoms with Crippen LogP contribution in [0.4, 0.5) is 5.88 Å². The molecule has 0 unspecified atom stereocenters. The highest BCUT2D eigenvalue weighted by Gasteiger charge is 2.30. The number of carbonyl (C=O) groups is 1. The molecule has 0 bridgehead atoms. The summed E-state index contributed by atoms with van der Waals surface area (Å²) in [6.07, 6.45) is 1.60. The van der Waals surface area contributed by atoms with Crippen molar-refractivity contribution in [1.29, 1.82) is 5.26 Å². The number of ether oxygens (including phenoxy) is 2. The maximum absolute atomic E-state index is 12.0. The van der Waals surface area contributed by atoms with Crippen LogP contribution in [-0.4, -0.2) is 37.8 Å². The zero-order valence-electron chi connectivity index (χ0n) is 14.9. The van der Waals surface area contributed by atoms with Crippen LogP contribution in [0.5, 0.6) is 5.75 Å². The Labute approximate surface area is 152 Å². The normalized spacial score (nSPS) is 16.8. The first kappa shape index (κ1) is 17.8. The molecule has 0 radical (unpaired) electrons. The summed E-state index contributed by atoms with van der Waals surface area (Å²) >= 11 is 0. The van der Waals surface area contributed by atoms with Gasteiger partial charge in [-0.1, -0.05) is 0 Å². The van der Waals surface area contributed by atoms with E-state index in [0.717, 1.165) is 24.2 Å². The van der Waals surface area contributed by atoms with Gasteiger partial charge >= 0.3 is 5.97 Å². The van der Waals surface area contributed by atoms with E-state index in [0.29, 0.717) is 31.5 Å². The Balaban J connectivity index is 1.84.